The molecule has 1 saturated heterocycles. The highest BCUT2D eigenvalue weighted by Crippen LogP contribution is 2.27. The predicted octanol–water partition coefficient (Wildman–Crippen LogP) is 3.96. The Morgan fingerprint density at radius 2 is 0.914 bits per heavy atom. The van der Waals surface area contributed by atoms with Gasteiger partial charge in [0.25, 0.3) is 0 Å². The molecule has 7 rings (SSSR count). The fourth-order valence-corrected chi connectivity index (χ4v) is 6.72. The second kappa shape index (κ2) is 28.0. The summed E-state index contributed by atoms with van der Waals surface area (Å²) in [5.41, 5.74) is 2.70. The molecule has 1 aliphatic heterocycles. The normalized spacial score (nSPS) is 12.7. The van der Waals surface area contributed by atoms with Crippen molar-refractivity contribution in [3.05, 3.63) is 203 Å². The summed E-state index contributed by atoms with van der Waals surface area (Å²) in [6.45, 7) is -0.765. The molecule has 0 unspecified atom stereocenters. The van der Waals surface area contributed by atoms with E-state index in [1.54, 1.807) is 140 Å². The zero-order valence-corrected chi connectivity index (χ0v) is 38.5. The topological polar surface area (TPSA) is 236 Å². The molecular weight excluding hydrogens is 898 g/mol. The first-order chi connectivity index (χ1) is 33.9. The molecule has 17 heteroatoms. The van der Waals surface area contributed by atoms with Crippen molar-refractivity contribution in [3.63, 3.8) is 0 Å². The van der Waals surface area contributed by atoms with Gasteiger partial charge < -0.3 is 54.0 Å². The molecule has 0 atom stereocenters. The molecule has 1 fully saturated rings. The summed E-state index contributed by atoms with van der Waals surface area (Å²) in [5, 5.41) is 54.6. The van der Waals surface area contributed by atoms with E-state index in [2.05, 4.69) is 0 Å². The first-order valence-corrected chi connectivity index (χ1v) is 22.4. The Bertz CT molecular complexity index is 2370. The molecular formula is C53H56B2O15. The summed E-state index contributed by atoms with van der Waals surface area (Å²) in [5.74, 6) is -1.56. The van der Waals surface area contributed by atoms with Crippen LogP contribution in [0.5, 0.6) is 0 Å². The number of carbonyl (C=O) groups is 4. The van der Waals surface area contributed by atoms with Crippen LogP contribution in [0.25, 0.3) is 0 Å². The number of hydrogen-bond donors (Lipinski definition) is 6. The smallest absolute Gasteiger partial charge is 0.461 e. The third kappa shape index (κ3) is 16.7. The third-order valence-electron chi connectivity index (χ3n) is 11.2. The summed E-state index contributed by atoms with van der Waals surface area (Å²) in [6.07, 6.45) is 0.365. The Morgan fingerprint density at radius 1 is 0.529 bits per heavy atom. The predicted molar refractivity (Wildman–Crippen MR) is 261 cm³/mol. The highest BCUT2D eigenvalue weighted by atomic mass is 16.6. The van der Waals surface area contributed by atoms with Gasteiger partial charge in [-0.15, -0.1) is 0 Å². The van der Waals surface area contributed by atoms with E-state index in [0.29, 0.717) is 27.7 Å². The van der Waals surface area contributed by atoms with Crippen molar-refractivity contribution in [2.45, 2.75) is 26.1 Å². The number of rotatable bonds is 19. The molecule has 0 bridgehead atoms. The average molecular weight is 955 g/mol. The van der Waals surface area contributed by atoms with Crippen molar-refractivity contribution in [1.82, 2.24) is 0 Å². The second-order valence-corrected chi connectivity index (χ2v) is 16.6. The van der Waals surface area contributed by atoms with E-state index in [4.69, 9.17) is 38.7 Å². The van der Waals surface area contributed by atoms with Crippen molar-refractivity contribution in [1.29, 1.82) is 0 Å². The van der Waals surface area contributed by atoms with Crippen molar-refractivity contribution in [2.75, 3.05) is 46.2 Å². The number of ether oxygens (including phenoxy) is 3. The van der Waals surface area contributed by atoms with E-state index in [-0.39, 0.29) is 78.1 Å². The van der Waals surface area contributed by atoms with Crippen molar-refractivity contribution in [3.8, 4) is 0 Å². The number of Topliss-reactive ketones (excluding diaryl/α,β-unsaturated/α-hetero) is 1. The van der Waals surface area contributed by atoms with Crippen LogP contribution in [0.15, 0.2) is 170 Å². The Balaban J connectivity index is 0.000000221. The lowest BCUT2D eigenvalue weighted by atomic mass is 9.75. The zero-order valence-electron chi connectivity index (χ0n) is 38.5. The number of aliphatic hydroxyl groups excluding tert-OH is 4. The minimum absolute atomic E-state index is 0.0260. The van der Waals surface area contributed by atoms with Crippen LogP contribution >= 0.6 is 0 Å². The van der Waals surface area contributed by atoms with Crippen LogP contribution in [0.3, 0.4) is 0 Å². The Hall–Kier alpha value is -6.79. The van der Waals surface area contributed by atoms with Crippen LogP contribution in [0.4, 0.5) is 0 Å². The molecule has 0 saturated carbocycles. The number of esters is 3. The maximum Gasteiger partial charge on any atom is 0.493 e. The van der Waals surface area contributed by atoms with E-state index >= 15 is 0 Å². The van der Waals surface area contributed by atoms with Crippen molar-refractivity contribution < 1.29 is 73.2 Å². The van der Waals surface area contributed by atoms with Gasteiger partial charge in [0.2, 0.25) is 0 Å². The minimum Gasteiger partial charge on any atom is -0.461 e. The number of hydrogen-bond acceptors (Lipinski definition) is 15. The summed E-state index contributed by atoms with van der Waals surface area (Å²) >= 11 is 0. The summed E-state index contributed by atoms with van der Waals surface area (Å²) in [6, 6.07) is 48.3. The Kier molecular flexibility index (Phi) is 21.7. The Morgan fingerprint density at radius 3 is 1.30 bits per heavy atom. The van der Waals surface area contributed by atoms with Crippen molar-refractivity contribution in [2.24, 2.45) is 10.8 Å². The molecule has 1 aliphatic rings. The zero-order chi connectivity index (χ0) is 50.2. The van der Waals surface area contributed by atoms with Gasteiger partial charge in [-0.3, -0.25) is 4.79 Å². The highest BCUT2D eigenvalue weighted by molar-refractivity contribution is 6.61. The van der Waals surface area contributed by atoms with Gasteiger partial charge in [0.1, 0.15) is 19.8 Å². The third-order valence-corrected chi connectivity index (χ3v) is 11.2. The van der Waals surface area contributed by atoms with Crippen LogP contribution in [0, 0.1) is 10.8 Å². The largest absolute Gasteiger partial charge is 0.493 e. The van der Waals surface area contributed by atoms with Crippen LogP contribution in [-0.4, -0.2) is 115 Å². The Labute approximate surface area is 407 Å². The first kappa shape index (κ1) is 54.2. The summed E-state index contributed by atoms with van der Waals surface area (Å²) < 4.78 is 28.3. The van der Waals surface area contributed by atoms with E-state index in [1.165, 1.54) is 0 Å². The van der Waals surface area contributed by atoms with Crippen LogP contribution in [0.2, 0.25) is 0 Å². The molecule has 0 aliphatic carbocycles. The van der Waals surface area contributed by atoms with Gasteiger partial charge in [0.15, 0.2) is 5.78 Å². The molecule has 0 amide bonds. The van der Waals surface area contributed by atoms with Gasteiger partial charge in [-0.25, -0.2) is 14.4 Å². The maximum absolute atomic E-state index is 12.5. The van der Waals surface area contributed by atoms with Crippen LogP contribution < -0.4 is 10.9 Å². The molecule has 6 aromatic carbocycles. The molecule has 70 heavy (non-hydrogen) atoms. The molecule has 0 aromatic heterocycles. The lowest BCUT2D eigenvalue weighted by Crippen LogP contribution is -2.53. The maximum atomic E-state index is 12.5. The molecule has 364 valence electrons. The van der Waals surface area contributed by atoms with Crippen LogP contribution in [-0.2, 0) is 36.7 Å². The summed E-state index contributed by atoms with van der Waals surface area (Å²) in [4.78, 5) is 49.2. The van der Waals surface area contributed by atoms with E-state index in [9.17, 15) is 34.5 Å². The molecule has 0 radical (unpaired) electrons. The first-order valence-electron chi connectivity index (χ1n) is 22.4. The van der Waals surface area contributed by atoms with Gasteiger partial charge in [0, 0.05) is 25.2 Å². The standard InChI is InChI=1S/C26H25BO7.C20H22O5.C7H9BO3/c28-15-20-11-13-23(14-12-20)27-33-18-26(19-34-27,16-31-24(29)21-7-3-1-4-8-21)17-32-25(30)22-9-5-2-6-10-22;21-13-20(14-22,12-11-18(23)16-7-3-1-4-8-16)15-25-19(24)17-9-5-2-6-10-17;9-5-6-1-3-7(4-2-6)8(10)11/h1-14,28H,15-19H2;1-10,21-22H,11-15H2;1-4,9-11H,5H2. The summed E-state index contributed by atoms with van der Waals surface area (Å²) in [7, 11) is -2.04. The monoisotopic (exact) mass is 954 g/mol. The number of carbonyl (C=O) groups excluding carboxylic acids is 4. The van der Waals surface area contributed by atoms with Gasteiger partial charge in [-0.05, 0) is 64.9 Å². The molecule has 0 spiro atoms. The minimum atomic E-state index is -1.43. The highest BCUT2D eigenvalue weighted by Gasteiger charge is 2.42. The van der Waals surface area contributed by atoms with E-state index in [1.807, 2.05) is 30.3 Å². The number of aliphatic hydroxyl groups is 4. The fourth-order valence-electron chi connectivity index (χ4n) is 6.72. The van der Waals surface area contributed by atoms with Gasteiger partial charge in [0.05, 0.1) is 53.9 Å². The molecule has 6 aromatic rings. The SMILES string of the molecule is O=C(CCC(CO)(CO)COC(=O)c1ccccc1)c1ccccc1.O=C(OCC1(COC(=O)c2ccccc2)COB(c2ccc(CO)cc2)OC1)c1ccccc1.OCc1ccc(B(O)O)cc1. The van der Waals surface area contributed by atoms with Crippen molar-refractivity contribution >= 4 is 48.9 Å². The fraction of sp³-hybridized carbons (Fsp3) is 0.245. The van der Waals surface area contributed by atoms with Gasteiger partial charge >= 0.3 is 32.1 Å². The lowest BCUT2D eigenvalue weighted by molar-refractivity contribution is -0.0709. The van der Waals surface area contributed by atoms with E-state index in [0.717, 1.165) is 16.6 Å². The number of benzene rings is 6. The molecule has 15 nitrogen and oxygen atoms in total. The quantitative estimate of drug-likeness (QED) is 0.0292. The van der Waals surface area contributed by atoms with Gasteiger partial charge in [-0.2, -0.15) is 0 Å². The molecule has 6 N–H and O–H groups in total. The van der Waals surface area contributed by atoms with Gasteiger partial charge in [-0.1, -0.05) is 133 Å². The number of ketones is 1. The average Bonchev–Trinajstić information content (AvgIpc) is 3.43. The second-order valence-electron chi connectivity index (χ2n) is 16.6. The van der Waals surface area contributed by atoms with E-state index < -0.39 is 43.0 Å². The lowest BCUT2D eigenvalue weighted by Gasteiger charge is -2.38. The molecule has 1 heterocycles. The van der Waals surface area contributed by atoms with Crippen LogP contribution in [0.1, 0.15) is 65.4 Å².